The Labute approximate surface area is 190 Å². The molecule has 1 aliphatic rings. The predicted octanol–water partition coefficient (Wildman–Crippen LogP) is 3.00. The van der Waals surface area contributed by atoms with Crippen LogP contribution in [0.15, 0.2) is 11.2 Å². The Bertz CT molecular complexity index is 728. The van der Waals surface area contributed by atoms with Crippen LogP contribution in [-0.2, 0) is 11.3 Å². The Morgan fingerprint density at radius 3 is 2.55 bits per heavy atom. The third kappa shape index (κ3) is 7.20. The van der Waals surface area contributed by atoms with Crippen molar-refractivity contribution in [1.29, 1.82) is 0 Å². The minimum absolute atomic E-state index is 0. The molecule has 164 valence electrons. The zero-order valence-electron chi connectivity index (χ0n) is 18.5. The topological polar surface area (TPSA) is 88.1 Å². The summed E-state index contributed by atoms with van der Waals surface area (Å²) in [6.07, 6.45) is 1.53. The Morgan fingerprint density at radius 2 is 2.00 bits per heavy atom. The van der Waals surface area contributed by atoms with Crippen LogP contribution in [0.3, 0.4) is 0 Å². The lowest BCUT2D eigenvalue weighted by Crippen LogP contribution is -2.63. The van der Waals surface area contributed by atoms with Crippen molar-refractivity contribution in [3.05, 3.63) is 23.0 Å². The number of guanidine groups is 1. The van der Waals surface area contributed by atoms with Gasteiger partial charge in [-0.05, 0) is 41.5 Å². The summed E-state index contributed by atoms with van der Waals surface area (Å²) in [5.74, 6) is 1.56. The molecule has 0 bridgehead atoms. The number of ether oxygens (including phenoxy) is 2. The average Bonchev–Trinajstić information content (AvgIpc) is 2.55. The van der Waals surface area contributed by atoms with E-state index in [0.717, 1.165) is 29.1 Å². The van der Waals surface area contributed by atoms with Crippen molar-refractivity contribution in [2.75, 3.05) is 26.7 Å². The van der Waals surface area contributed by atoms with Crippen molar-refractivity contribution in [2.24, 2.45) is 4.99 Å². The smallest absolute Gasteiger partial charge is 0.410 e. The van der Waals surface area contributed by atoms with Gasteiger partial charge in [0.25, 0.3) is 0 Å². The van der Waals surface area contributed by atoms with Crippen LogP contribution in [0.5, 0.6) is 5.75 Å². The standard InChI is InChI=1S/C20H33N5O3.HI/c1-8-21-18(23-10-16-14(3)17(27-7)13(2)9-22-16)24-15-11-25(12-15)19(26)28-20(4,5)6;/h9,15H,8,10-12H2,1-7H3,(H2,21,23,24);1H. The fourth-order valence-corrected chi connectivity index (χ4v) is 2.94. The van der Waals surface area contributed by atoms with E-state index in [4.69, 9.17) is 9.47 Å². The molecule has 1 fully saturated rings. The molecule has 1 aromatic rings. The van der Waals surface area contributed by atoms with E-state index < -0.39 is 5.60 Å². The summed E-state index contributed by atoms with van der Waals surface area (Å²) in [6, 6.07) is 0.145. The van der Waals surface area contributed by atoms with Crippen molar-refractivity contribution < 1.29 is 14.3 Å². The molecule has 1 saturated heterocycles. The SMILES string of the molecule is CCNC(=NCc1ncc(C)c(OC)c1C)NC1CN(C(=O)OC(C)(C)C)C1.I. The van der Waals surface area contributed by atoms with Crippen LogP contribution in [-0.4, -0.2) is 60.3 Å². The van der Waals surface area contributed by atoms with Crippen LogP contribution in [0, 0.1) is 13.8 Å². The van der Waals surface area contributed by atoms with Crippen LogP contribution >= 0.6 is 24.0 Å². The molecule has 0 atom stereocenters. The molecule has 9 heteroatoms. The molecule has 0 spiro atoms. The van der Waals surface area contributed by atoms with Crippen LogP contribution in [0.1, 0.15) is 44.5 Å². The van der Waals surface area contributed by atoms with E-state index in [1.807, 2.05) is 47.7 Å². The third-order valence-corrected chi connectivity index (χ3v) is 4.36. The number of pyridine rings is 1. The Morgan fingerprint density at radius 1 is 1.34 bits per heavy atom. The second-order valence-electron chi connectivity index (χ2n) is 7.97. The maximum Gasteiger partial charge on any atom is 0.410 e. The van der Waals surface area contributed by atoms with Crippen LogP contribution in [0.4, 0.5) is 4.79 Å². The molecule has 2 rings (SSSR count). The first-order chi connectivity index (χ1) is 13.1. The summed E-state index contributed by atoms with van der Waals surface area (Å²) in [4.78, 5) is 22.9. The first-order valence-electron chi connectivity index (χ1n) is 9.66. The number of nitrogens with zero attached hydrogens (tertiary/aromatic N) is 3. The quantitative estimate of drug-likeness (QED) is 0.354. The first kappa shape index (κ1) is 25.3. The maximum absolute atomic E-state index is 12.0. The van der Waals surface area contributed by atoms with Gasteiger partial charge in [0.2, 0.25) is 0 Å². The van der Waals surface area contributed by atoms with Crippen molar-refractivity contribution >= 4 is 36.0 Å². The highest BCUT2D eigenvalue weighted by molar-refractivity contribution is 14.0. The van der Waals surface area contributed by atoms with Gasteiger partial charge >= 0.3 is 6.09 Å². The number of rotatable bonds is 5. The molecular weight excluding hydrogens is 485 g/mol. The molecule has 29 heavy (non-hydrogen) atoms. The van der Waals surface area contributed by atoms with Crippen molar-refractivity contribution in [1.82, 2.24) is 20.5 Å². The number of hydrogen-bond donors (Lipinski definition) is 2. The zero-order valence-corrected chi connectivity index (χ0v) is 20.8. The lowest BCUT2D eigenvalue weighted by atomic mass is 10.1. The summed E-state index contributed by atoms with van der Waals surface area (Å²) in [5.41, 5.74) is 2.41. The second kappa shape index (κ2) is 10.8. The summed E-state index contributed by atoms with van der Waals surface area (Å²) < 4.78 is 10.8. The number of nitrogens with one attached hydrogen (secondary N) is 2. The molecule has 0 unspecified atom stereocenters. The second-order valence-corrected chi connectivity index (χ2v) is 7.97. The Kier molecular flexibility index (Phi) is 9.44. The molecule has 8 nitrogen and oxygen atoms in total. The number of aromatic nitrogens is 1. The van der Waals surface area contributed by atoms with Gasteiger partial charge in [0.05, 0.1) is 25.4 Å². The molecule has 1 aromatic heterocycles. The van der Waals surface area contributed by atoms with Gasteiger partial charge in [0.1, 0.15) is 11.4 Å². The lowest BCUT2D eigenvalue weighted by molar-refractivity contribution is 0.00700. The minimum atomic E-state index is -0.480. The lowest BCUT2D eigenvalue weighted by Gasteiger charge is -2.40. The van der Waals surface area contributed by atoms with Gasteiger partial charge in [-0.2, -0.15) is 0 Å². The van der Waals surface area contributed by atoms with Crippen molar-refractivity contribution in [3.63, 3.8) is 0 Å². The molecule has 0 saturated carbocycles. The van der Waals surface area contributed by atoms with E-state index in [9.17, 15) is 4.79 Å². The number of likely N-dealkylation sites (tertiary alicyclic amines) is 1. The number of carbonyl (C=O) groups is 1. The Hall–Kier alpha value is -1.78. The minimum Gasteiger partial charge on any atom is -0.496 e. The van der Waals surface area contributed by atoms with Gasteiger partial charge in [-0.25, -0.2) is 9.79 Å². The number of hydrogen-bond acceptors (Lipinski definition) is 5. The summed E-state index contributed by atoms with van der Waals surface area (Å²) in [7, 11) is 1.67. The van der Waals surface area contributed by atoms with Gasteiger partial charge in [-0.3, -0.25) is 4.98 Å². The molecule has 0 aliphatic carbocycles. The molecule has 0 aromatic carbocycles. The Balaban J connectivity index is 0.00000420. The number of carbonyl (C=O) groups excluding carboxylic acids is 1. The van der Waals surface area contributed by atoms with E-state index in [-0.39, 0.29) is 36.1 Å². The van der Waals surface area contributed by atoms with Crippen LogP contribution < -0.4 is 15.4 Å². The number of amides is 1. The molecule has 2 heterocycles. The van der Waals surface area contributed by atoms with Gasteiger partial charge in [0.15, 0.2) is 5.96 Å². The van der Waals surface area contributed by atoms with Gasteiger partial charge in [-0.1, -0.05) is 0 Å². The molecule has 0 radical (unpaired) electrons. The normalized spacial score (nSPS) is 14.6. The maximum atomic E-state index is 12.0. The fraction of sp³-hybridized carbons (Fsp3) is 0.650. The van der Waals surface area contributed by atoms with E-state index >= 15 is 0 Å². The third-order valence-electron chi connectivity index (χ3n) is 4.36. The summed E-state index contributed by atoms with van der Waals surface area (Å²) >= 11 is 0. The monoisotopic (exact) mass is 519 g/mol. The molecule has 1 amide bonds. The van der Waals surface area contributed by atoms with Crippen LogP contribution in [0.25, 0.3) is 0 Å². The zero-order chi connectivity index (χ0) is 20.9. The highest BCUT2D eigenvalue weighted by Crippen LogP contribution is 2.24. The summed E-state index contributed by atoms with van der Waals surface area (Å²) in [6.45, 7) is 14.0. The van der Waals surface area contributed by atoms with E-state index in [1.165, 1.54) is 0 Å². The van der Waals surface area contributed by atoms with E-state index in [0.29, 0.717) is 25.6 Å². The van der Waals surface area contributed by atoms with E-state index in [2.05, 4.69) is 20.6 Å². The van der Waals surface area contributed by atoms with Crippen molar-refractivity contribution in [3.8, 4) is 5.75 Å². The number of aryl methyl sites for hydroxylation is 1. The van der Waals surface area contributed by atoms with E-state index in [1.54, 1.807) is 12.0 Å². The molecular formula is C20H34IN5O3. The van der Waals surface area contributed by atoms with Gasteiger partial charge in [-0.15, -0.1) is 24.0 Å². The average molecular weight is 519 g/mol. The molecule has 2 N–H and O–H groups in total. The largest absolute Gasteiger partial charge is 0.496 e. The van der Waals surface area contributed by atoms with Gasteiger partial charge < -0.3 is 25.0 Å². The molecule has 1 aliphatic heterocycles. The number of methoxy groups -OCH3 is 1. The highest BCUT2D eigenvalue weighted by Gasteiger charge is 2.34. The predicted molar refractivity (Wildman–Crippen MR) is 125 cm³/mol. The fourth-order valence-electron chi connectivity index (χ4n) is 2.94. The van der Waals surface area contributed by atoms with Crippen LogP contribution in [0.2, 0.25) is 0 Å². The number of halogens is 1. The van der Waals surface area contributed by atoms with Gasteiger partial charge in [0, 0.05) is 37.0 Å². The van der Waals surface area contributed by atoms with Crippen molar-refractivity contribution in [2.45, 2.75) is 59.7 Å². The highest BCUT2D eigenvalue weighted by atomic mass is 127. The first-order valence-corrected chi connectivity index (χ1v) is 9.66. The summed E-state index contributed by atoms with van der Waals surface area (Å²) in [5, 5.41) is 6.60. The number of aliphatic imine (C=N–C) groups is 1.